The zero-order valence-corrected chi connectivity index (χ0v) is 10.4. The molecule has 1 aliphatic rings. The lowest BCUT2D eigenvalue weighted by atomic mass is 9.88. The first kappa shape index (κ1) is 11.6. The fourth-order valence-electron chi connectivity index (χ4n) is 1.98. The number of allylic oxidation sites excluding steroid dienone is 1. The minimum atomic E-state index is 0.0839. The summed E-state index contributed by atoms with van der Waals surface area (Å²) >= 11 is 0. The van der Waals surface area contributed by atoms with Gasteiger partial charge in [0.25, 0.3) is 0 Å². The van der Waals surface area contributed by atoms with Gasteiger partial charge in [-0.25, -0.2) is 4.98 Å². The highest BCUT2D eigenvalue weighted by Gasteiger charge is 2.23. The Hall–Kier alpha value is -1.84. The van der Waals surface area contributed by atoms with Gasteiger partial charge in [-0.05, 0) is 18.4 Å². The largest absolute Gasteiger partial charge is 0.481 e. The van der Waals surface area contributed by atoms with Crippen LogP contribution in [0.25, 0.3) is 0 Å². The molecule has 2 rings (SSSR count). The maximum atomic E-state index is 12.2. The van der Waals surface area contributed by atoms with E-state index in [4.69, 9.17) is 4.74 Å². The number of Topliss-reactive ketones (excluding diaryl/α,β-unsaturated/α-hetero) is 1. The van der Waals surface area contributed by atoms with E-state index in [2.05, 4.69) is 4.98 Å². The van der Waals surface area contributed by atoms with Crippen LogP contribution in [0.3, 0.4) is 0 Å². The number of carbonyl (C=O) groups excluding carboxylic acids is 1. The molecule has 0 aliphatic heterocycles. The summed E-state index contributed by atoms with van der Waals surface area (Å²) in [5.41, 5.74) is 2.57. The summed E-state index contributed by atoms with van der Waals surface area (Å²) in [7, 11) is 5.39. The average Bonchev–Trinajstić information content (AvgIpc) is 2.32. The number of aromatic nitrogens is 1. The molecule has 90 valence electrons. The number of ketones is 1. The summed E-state index contributed by atoms with van der Waals surface area (Å²) in [4.78, 5) is 18.3. The first-order valence-electron chi connectivity index (χ1n) is 5.56. The van der Waals surface area contributed by atoms with E-state index in [1.807, 2.05) is 25.2 Å². The predicted octanol–water partition coefficient (Wildman–Crippen LogP) is 1.66. The third kappa shape index (κ3) is 2.30. The molecule has 0 amide bonds. The maximum Gasteiger partial charge on any atom is 0.213 e. The quantitative estimate of drug-likeness (QED) is 0.727. The van der Waals surface area contributed by atoms with Crippen LogP contribution in [0.1, 0.15) is 22.3 Å². The van der Waals surface area contributed by atoms with Crippen LogP contribution in [-0.4, -0.2) is 36.9 Å². The predicted molar refractivity (Wildman–Crippen MR) is 65.2 cm³/mol. The summed E-state index contributed by atoms with van der Waals surface area (Å²) < 4.78 is 5.05. The molecule has 1 aromatic rings. The van der Waals surface area contributed by atoms with Crippen molar-refractivity contribution < 1.29 is 9.53 Å². The fourth-order valence-corrected chi connectivity index (χ4v) is 1.98. The standard InChI is InChI=1S/C13H16N2O2/c1-15(2)8-10-5-4-9-7-14-12(17-3)6-11(9)13(10)16/h6-8H,4-5H2,1-3H3/b10-8+. The molecule has 1 aromatic heterocycles. The van der Waals surface area contributed by atoms with Crippen molar-refractivity contribution >= 4 is 5.78 Å². The van der Waals surface area contributed by atoms with Gasteiger partial charge in [-0.3, -0.25) is 4.79 Å². The Bertz CT molecular complexity index is 478. The number of ether oxygens (including phenoxy) is 1. The highest BCUT2D eigenvalue weighted by atomic mass is 16.5. The maximum absolute atomic E-state index is 12.2. The Kier molecular flexibility index (Phi) is 3.13. The van der Waals surface area contributed by atoms with Gasteiger partial charge in [-0.2, -0.15) is 0 Å². The van der Waals surface area contributed by atoms with Crippen molar-refractivity contribution in [1.82, 2.24) is 9.88 Å². The molecule has 0 aromatic carbocycles. The average molecular weight is 232 g/mol. The Morgan fingerprint density at radius 1 is 1.41 bits per heavy atom. The number of methoxy groups -OCH3 is 1. The van der Waals surface area contributed by atoms with Gasteiger partial charge in [-0.15, -0.1) is 0 Å². The van der Waals surface area contributed by atoms with Crippen LogP contribution in [0.4, 0.5) is 0 Å². The molecular weight excluding hydrogens is 216 g/mol. The fraction of sp³-hybridized carbons (Fsp3) is 0.385. The zero-order chi connectivity index (χ0) is 12.4. The summed E-state index contributed by atoms with van der Waals surface area (Å²) in [5, 5.41) is 0. The van der Waals surface area contributed by atoms with Crippen LogP contribution in [0.5, 0.6) is 5.88 Å². The SMILES string of the molecule is COc1cc2c(cn1)CC/C(=C\N(C)C)C2=O. The van der Waals surface area contributed by atoms with Crippen molar-refractivity contribution in [1.29, 1.82) is 0 Å². The topological polar surface area (TPSA) is 42.4 Å². The van der Waals surface area contributed by atoms with Crippen LogP contribution in [0, 0.1) is 0 Å². The van der Waals surface area contributed by atoms with E-state index >= 15 is 0 Å². The second-order valence-corrected chi connectivity index (χ2v) is 4.33. The van der Waals surface area contributed by atoms with E-state index in [-0.39, 0.29) is 5.78 Å². The summed E-state index contributed by atoms with van der Waals surface area (Å²) in [6.07, 6.45) is 5.26. The number of nitrogens with zero attached hydrogens (tertiary/aromatic N) is 2. The number of hydrogen-bond donors (Lipinski definition) is 0. The highest BCUT2D eigenvalue weighted by molar-refractivity contribution is 6.10. The third-order valence-electron chi connectivity index (χ3n) is 2.78. The number of carbonyl (C=O) groups is 1. The lowest BCUT2D eigenvalue weighted by molar-refractivity contribution is 0.102. The van der Waals surface area contributed by atoms with Crippen LogP contribution in [-0.2, 0) is 6.42 Å². The molecule has 0 unspecified atom stereocenters. The number of hydrogen-bond acceptors (Lipinski definition) is 4. The Morgan fingerprint density at radius 3 is 2.82 bits per heavy atom. The van der Waals surface area contributed by atoms with E-state index in [1.54, 1.807) is 19.4 Å². The molecule has 1 aliphatic carbocycles. The number of pyridine rings is 1. The monoisotopic (exact) mass is 232 g/mol. The van der Waals surface area contributed by atoms with E-state index in [0.29, 0.717) is 5.88 Å². The van der Waals surface area contributed by atoms with Crippen molar-refractivity contribution in [3.63, 3.8) is 0 Å². The number of aryl methyl sites for hydroxylation is 1. The smallest absolute Gasteiger partial charge is 0.213 e. The van der Waals surface area contributed by atoms with Gasteiger partial charge in [0.2, 0.25) is 5.88 Å². The third-order valence-corrected chi connectivity index (χ3v) is 2.78. The second-order valence-electron chi connectivity index (χ2n) is 4.33. The Morgan fingerprint density at radius 2 is 2.18 bits per heavy atom. The van der Waals surface area contributed by atoms with Gasteiger partial charge in [0.05, 0.1) is 7.11 Å². The van der Waals surface area contributed by atoms with E-state index in [9.17, 15) is 4.79 Å². The van der Waals surface area contributed by atoms with Crippen molar-refractivity contribution in [2.45, 2.75) is 12.8 Å². The second kappa shape index (κ2) is 4.57. The molecule has 0 fully saturated rings. The van der Waals surface area contributed by atoms with E-state index in [0.717, 1.165) is 29.5 Å². The molecule has 4 heteroatoms. The van der Waals surface area contributed by atoms with Crippen molar-refractivity contribution in [2.75, 3.05) is 21.2 Å². The molecule has 1 heterocycles. The summed E-state index contributed by atoms with van der Waals surface area (Å²) in [6, 6.07) is 1.72. The van der Waals surface area contributed by atoms with Gasteiger partial charge in [-0.1, -0.05) is 0 Å². The number of rotatable bonds is 2. The van der Waals surface area contributed by atoms with E-state index in [1.165, 1.54) is 0 Å². The first-order chi connectivity index (χ1) is 8.11. The van der Waals surface area contributed by atoms with Crippen molar-refractivity contribution in [3.8, 4) is 5.88 Å². The lowest BCUT2D eigenvalue weighted by Crippen LogP contribution is -2.17. The first-order valence-corrected chi connectivity index (χ1v) is 5.56. The summed E-state index contributed by atoms with van der Waals surface area (Å²) in [6.45, 7) is 0. The minimum Gasteiger partial charge on any atom is -0.481 e. The molecule has 0 atom stereocenters. The molecule has 17 heavy (non-hydrogen) atoms. The molecule has 0 N–H and O–H groups in total. The van der Waals surface area contributed by atoms with Gasteiger partial charge < -0.3 is 9.64 Å². The van der Waals surface area contributed by atoms with Gasteiger partial charge in [0, 0.05) is 43.7 Å². The van der Waals surface area contributed by atoms with Crippen LogP contribution < -0.4 is 4.74 Å². The van der Waals surface area contributed by atoms with Crippen LogP contribution in [0.15, 0.2) is 24.0 Å². The zero-order valence-electron chi connectivity index (χ0n) is 10.4. The molecule has 0 saturated carbocycles. The van der Waals surface area contributed by atoms with Crippen molar-refractivity contribution in [2.24, 2.45) is 0 Å². The normalized spacial score (nSPS) is 16.9. The van der Waals surface area contributed by atoms with Crippen LogP contribution in [0.2, 0.25) is 0 Å². The summed E-state index contributed by atoms with van der Waals surface area (Å²) in [5.74, 6) is 0.573. The Labute approximate surface area is 101 Å². The van der Waals surface area contributed by atoms with Gasteiger partial charge >= 0.3 is 0 Å². The molecule has 0 radical (unpaired) electrons. The molecule has 0 saturated heterocycles. The van der Waals surface area contributed by atoms with E-state index < -0.39 is 0 Å². The van der Waals surface area contributed by atoms with Crippen LogP contribution >= 0.6 is 0 Å². The number of fused-ring (bicyclic) bond motifs is 1. The molecular formula is C13H16N2O2. The Balaban J connectivity index is 2.40. The van der Waals surface area contributed by atoms with Gasteiger partial charge in [0.15, 0.2) is 5.78 Å². The molecule has 0 bridgehead atoms. The minimum absolute atomic E-state index is 0.0839. The molecule has 4 nitrogen and oxygen atoms in total. The van der Waals surface area contributed by atoms with Gasteiger partial charge in [0.1, 0.15) is 0 Å². The highest BCUT2D eigenvalue weighted by Crippen LogP contribution is 2.26. The van der Waals surface area contributed by atoms with Crippen molar-refractivity contribution in [3.05, 3.63) is 35.2 Å². The lowest BCUT2D eigenvalue weighted by Gasteiger charge is -2.19. The molecule has 0 spiro atoms.